The minimum atomic E-state index is -0.00556. The first-order chi connectivity index (χ1) is 17.1. The second-order valence-electron chi connectivity index (χ2n) is 8.55. The molecule has 8 heteroatoms. The number of rotatable bonds is 6. The van der Waals surface area contributed by atoms with Gasteiger partial charge >= 0.3 is 0 Å². The SMILES string of the molecule is COc1ccccc1-c1ccnc(-n2ncc(C(=O)N3CCN(Cc4ccccc4)CC3)c2C)n1. The van der Waals surface area contributed by atoms with Crippen molar-refractivity contribution in [2.24, 2.45) is 0 Å². The van der Waals surface area contributed by atoms with Gasteiger partial charge in [-0.1, -0.05) is 42.5 Å². The van der Waals surface area contributed by atoms with E-state index >= 15 is 0 Å². The highest BCUT2D eigenvalue weighted by atomic mass is 16.5. The van der Waals surface area contributed by atoms with Gasteiger partial charge in [-0.2, -0.15) is 5.10 Å². The standard InChI is InChI=1S/C27H28N6O2/c1-20-23(26(34)32-16-14-31(15-17-32)19-21-8-4-3-5-9-21)18-29-33(20)27-28-13-12-24(30-27)22-10-6-7-11-25(22)35-2/h3-13,18H,14-17,19H2,1-2H3. The molecule has 178 valence electrons. The summed E-state index contributed by atoms with van der Waals surface area (Å²) in [7, 11) is 1.64. The number of nitrogens with zero attached hydrogens (tertiary/aromatic N) is 6. The van der Waals surface area contributed by atoms with E-state index in [2.05, 4.69) is 39.2 Å². The van der Waals surface area contributed by atoms with Gasteiger partial charge < -0.3 is 9.64 Å². The molecule has 5 rings (SSSR count). The Morgan fingerprint density at radius 1 is 0.971 bits per heavy atom. The Kier molecular flexibility index (Phi) is 6.54. The monoisotopic (exact) mass is 468 g/mol. The number of methoxy groups -OCH3 is 1. The Morgan fingerprint density at radius 2 is 1.71 bits per heavy atom. The Labute approximate surface area is 204 Å². The molecule has 1 aliphatic rings. The molecular formula is C27H28N6O2. The Hall–Kier alpha value is -4.04. The molecule has 0 N–H and O–H groups in total. The molecule has 2 aromatic carbocycles. The molecule has 1 fully saturated rings. The summed E-state index contributed by atoms with van der Waals surface area (Å²) < 4.78 is 7.10. The fourth-order valence-corrected chi connectivity index (χ4v) is 4.40. The van der Waals surface area contributed by atoms with E-state index < -0.39 is 0 Å². The molecule has 35 heavy (non-hydrogen) atoms. The number of benzene rings is 2. The van der Waals surface area contributed by atoms with Crippen molar-refractivity contribution in [3.05, 3.63) is 89.9 Å². The van der Waals surface area contributed by atoms with Gasteiger partial charge in [0.15, 0.2) is 0 Å². The van der Waals surface area contributed by atoms with Crippen molar-refractivity contribution in [2.45, 2.75) is 13.5 Å². The lowest BCUT2D eigenvalue weighted by atomic mass is 10.1. The quantitative estimate of drug-likeness (QED) is 0.430. The maximum absolute atomic E-state index is 13.3. The van der Waals surface area contributed by atoms with Gasteiger partial charge in [-0.25, -0.2) is 14.6 Å². The fourth-order valence-electron chi connectivity index (χ4n) is 4.40. The number of piperazine rings is 1. The minimum Gasteiger partial charge on any atom is -0.496 e. The van der Waals surface area contributed by atoms with E-state index in [1.54, 1.807) is 24.2 Å². The number of para-hydroxylation sites is 1. The third-order valence-electron chi connectivity index (χ3n) is 6.36. The zero-order valence-electron chi connectivity index (χ0n) is 20.0. The molecule has 0 saturated carbocycles. The number of amides is 1. The van der Waals surface area contributed by atoms with Crippen LogP contribution in [0, 0.1) is 6.92 Å². The third kappa shape index (κ3) is 4.79. The van der Waals surface area contributed by atoms with Crippen molar-refractivity contribution in [2.75, 3.05) is 33.3 Å². The molecule has 2 aromatic heterocycles. The number of hydrogen-bond donors (Lipinski definition) is 0. The molecule has 0 aliphatic carbocycles. The molecule has 1 aliphatic heterocycles. The Bertz CT molecular complexity index is 1310. The van der Waals surface area contributed by atoms with Crippen molar-refractivity contribution in [1.82, 2.24) is 29.5 Å². The second-order valence-corrected chi connectivity index (χ2v) is 8.55. The van der Waals surface area contributed by atoms with Crippen molar-refractivity contribution < 1.29 is 9.53 Å². The van der Waals surface area contributed by atoms with Crippen LogP contribution in [0.3, 0.4) is 0 Å². The summed E-state index contributed by atoms with van der Waals surface area (Å²) in [5.41, 5.74) is 4.18. The lowest BCUT2D eigenvalue weighted by molar-refractivity contribution is 0.0627. The van der Waals surface area contributed by atoms with Crippen LogP contribution in [-0.4, -0.2) is 68.7 Å². The zero-order chi connectivity index (χ0) is 24.2. The van der Waals surface area contributed by atoms with Gasteiger partial charge in [-0.3, -0.25) is 9.69 Å². The first-order valence-corrected chi connectivity index (χ1v) is 11.7. The van der Waals surface area contributed by atoms with Crippen LogP contribution in [0.4, 0.5) is 0 Å². The first-order valence-electron chi connectivity index (χ1n) is 11.7. The van der Waals surface area contributed by atoms with E-state index in [1.165, 1.54) is 5.56 Å². The van der Waals surface area contributed by atoms with E-state index in [9.17, 15) is 4.79 Å². The minimum absolute atomic E-state index is 0.00556. The van der Waals surface area contributed by atoms with Gasteiger partial charge in [-0.15, -0.1) is 0 Å². The summed E-state index contributed by atoms with van der Waals surface area (Å²) in [5, 5.41) is 4.45. The number of carbonyl (C=O) groups excluding carboxylic acids is 1. The fraction of sp³-hybridized carbons (Fsp3) is 0.259. The van der Waals surface area contributed by atoms with Gasteiger partial charge in [0.2, 0.25) is 0 Å². The van der Waals surface area contributed by atoms with Crippen molar-refractivity contribution in [3.8, 4) is 23.0 Å². The lowest BCUT2D eigenvalue weighted by Crippen LogP contribution is -2.48. The molecular weight excluding hydrogens is 440 g/mol. The van der Waals surface area contributed by atoms with Crippen LogP contribution in [-0.2, 0) is 6.54 Å². The van der Waals surface area contributed by atoms with Crippen molar-refractivity contribution in [1.29, 1.82) is 0 Å². The van der Waals surface area contributed by atoms with Crippen LogP contribution in [0.1, 0.15) is 21.6 Å². The van der Waals surface area contributed by atoms with Crippen LogP contribution >= 0.6 is 0 Å². The van der Waals surface area contributed by atoms with Crippen molar-refractivity contribution >= 4 is 5.91 Å². The predicted molar refractivity (Wildman–Crippen MR) is 134 cm³/mol. The number of hydrogen-bond acceptors (Lipinski definition) is 6. The van der Waals surface area contributed by atoms with Gasteiger partial charge in [0.05, 0.1) is 30.3 Å². The van der Waals surface area contributed by atoms with E-state index in [1.807, 2.05) is 48.2 Å². The summed E-state index contributed by atoms with van der Waals surface area (Å²) in [4.78, 5) is 26.7. The van der Waals surface area contributed by atoms with Crippen LogP contribution < -0.4 is 4.74 Å². The molecule has 1 saturated heterocycles. The predicted octanol–water partition coefficient (Wildman–Crippen LogP) is 3.60. The van der Waals surface area contributed by atoms with Gasteiger partial charge in [0.1, 0.15) is 5.75 Å². The molecule has 8 nitrogen and oxygen atoms in total. The Morgan fingerprint density at radius 3 is 2.49 bits per heavy atom. The highest BCUT2D eigenvalue weighted by molar-refractivity contribution is 5.95. The topological polar surface area (TPSA) is 76.4 Å². The van der Waals surface area contributed by atoms with Gasteiger partial charge in [-0.05, 0) is 30.7 Å². The zero-order valence-corrected chi connectivity index (χ0v) is 20.0. The van der Waals surface area contributed by atoms with Gasteiger partial charge in [0.25, 0.3) is 11.9 Å². The molecule has 0 radical (unpaired) electrons. The molecule has 3 heterocycles. The summed E-state index contributed by atoms with van der Waals surface area (Å²) >= 11 is 0. The first kappa shape index (κ1) is 22.7. The molecule has 1 amide bonds. The second kappa shape index (κ2) is 10.1. The summed E-state index contributed by atoms with van der Waals surface area (Å²) in [6.07, 6.45) is 3.31. The lowest BCUT2D eigenvalue weighted by Gasteiger charge is -2.34. The van der Waals surface area contributed by atoms with Gasteiger partial charge in [0, 0.05) is 44.5 Å². The van der Waals surface area contributed by atoms with Crippen LogP contribution in [0.2, 0.25) is 0 Å². The smallest absolute Gasteiger partial charge is 0.257 e. The van der Waals surface area contributed by atoms with E-state index in [0.717, 1.165) is 42.3 Å². The highest BCUT2D eigenvalue weighted by Gasteiger charge is 2.25. The maximum atomic E-state index is 13.3. The average Bonchev–Trinajstić information content (AvgIpc) is 3.30. The summed E-state index contributed by atoms with van der Waals surface area (Å²) in [6.45, 7) is 5.85. The normalized spacial score (nSPS) is 14.2. The summed E-state index contributed by atoms with van der Waals surface area (Å²) in [5.74, 6) is 1.14. The average molecular weight is 469 g/mol. The highest BCUT2D eigenvalue weighted by Crippen LogP contribution is 2.28. The third-order valence-corrected chi connectivity index (χ3v) is 6.36. The van der Waals surface area contributed by atoms with Crippen LogP contribution in [0.25, 0.3) is 17.2 Å². The largest absolute Gasteiger partial charge is 0.496 e. The molecule has 4 aromatic rings. The summed E-state index contributed by atoms with van der Waals surface area (Å²) in [6, 6.07) is 20.0. The number of ether oxygens (including phenoxy) is 1. The molecule has 0 atom stereocenters. The van der Waals surface area contributed by atoms with Crippen LogP contribution in [0.15, 0.2) is 73.1 Å². The molecule has 0 unspecified atom stereocenters. The molecule has 0 bridgehead atoms. The van der Waals surface area contributed by atoms with E-state index in [0.29, 0.717) is 24.6 Å². The van der Waals surface area contributed by atoms with Crippen LogP contribution in [0.5, 0.6) is 5.75 Å². The van der Waals surface area contributed by atoms with Crippen molar-refractivity contribution in [3.63, 3.8) is 0 Å². The Balaban J connectivity index is 1.30. The van der Waals surface area contributed by atoms with E-state index in [4.69, 9.17) is 9.72 Å². The number of carbonyl (C=O) groups is 1. The molecule has 0 spiro atoms. The van der Waals surface area contributed by atoms with E-state index in [-0.39, 0.29) is 5.91 Å². The number of aromatic nitrogens is 4. The maximum Gasteiger partial charge on any atom is 0.257 e.